The Morgan fingerprint density at radius 3 is 2.79 bits per heavy atom. The van der Waals surface area contributed by atoms with E-state index in [4.69, 9.17) is 11.6 Å². The molecular weight excluding hydrogens is 388 g/mol. The van der Waals surface area contributed by atoms with E-state index in [9.17, 15) is 5.26 Å². The Hall–Kier alpha value is -2.89. The molecule has 2 aromatic heterocycles. The highest BCUT2D eigenvalue weighted by Gasteiger charge is 2.30. The van der Waals surface area contributed by atoms with Crippen molar-refractivity contribution in [3.63, 3.8) is 0 Å². The second-order valence-corrected chi connectivity index (χ2v) is 7.98. The predicted molar refractivity (Wildman–Crippen MR) is 113 cm³/mol. The highest BCUT2D eigenvalue weighted by molar-refractivity contribution is 6.30. The van der Waals surface area contributed by atoms with Gasteiger partial charge in [0.1, 0.15) is 5.82 Å². The Kier molecular flexibility index (Phi) is 5.26. The lowest BCUT2D eigenvalue weighted by molar-refractivity contribution is 0.245. The lowest BCUT2D eigenvalue weighted by atomic mass is 10.0. The van der Waals surface area contributed by atoms with Crippen molar-refractivity contribution in [2.24, 2.45) is 0 Å². The molecule has 1 aliphatic rings. The molecule has 0 aliphatic carbocycles. The molecule has 3 aromatic rings. The Morgan fingerprint density at radius 1 is 1.31 bits per heavy atom. The van der Waals surface area contributed by atoms with E-state index >= 15 is 0 Å². The quantitative estimate of drug-likeness (QED) is 0.668. The SMILES string of the molecule is Cc1cc(N2CC(N(C)C)C2)n2nc(N[C@H](CC#N)c3cccc(Cl)c3)nc2n1. The molecule has 8 nitrogen and oxygen atoms in total. The van der Waals surface area contributed by atoms with Crippen molar-refractivity contribution in [2.75, 3.05) is 37.4 Å². The zero-order chi connectivity index (χ0) is 20.5. The number of nitriles is 1. The zero-order valence-corrected chi connectivity index (χ0v) is 17.4. The van der Waals surface area contributed by atoms with E-state index in [0.29, 0.717) is 22.8 Å². The number of aromatic nitrogens is 4. The third-order valence-electron chi connectivity index (χ3n) is 5.19. The van der Waals surface area contributed by atoms with Crippen molar-refractivity contribution < 1.29 is 0 Å². The Bertz CT molecular complexity index is 1060. The van der Waals surface area contributed by atoms with E-state index in [-0.39, 0.29) is 12.5 Å². The Labute approximate surface area is 174 Å². The van der Waals surface area contributed by atoms with E-state index < -0.39 is 0 Å². The van der Waals surface area contributed by atoms with Crippen LogP contribution in [0.25, 0.3) is 5.78 Å². The van der Waals surface area contributed by atoms with Gasteiger partial charge in [-0.2, -0.15) is 14.8 Å². The molecular formula is C20H23ClN8. The summed E-state index contributed by atoms with van der Waals surface area (Å²) in [6.45, 7) is 3.83. The first kappa shape index (κ1) is 19.4. The van der Waals surface area contributed by atoms with Gasteiger partial charge in [0.25, 0.3) is 5.78 Å². The molecule has 1 aliphatic heterocycles. The summed E-state index contributed by atoms with van der Waals surface area (Å²) in [6.07, 6.45) is 0.270. The van der Waals surface area contributed by atoms with Crippen LogP contribution in [0.3, 0.4) is 0 Å². The molecule has 0 amide bonds. The van der Waals surface area contributed by atoms with Gasteiger partial charge in [-0.15, -0.1) is 5.10 Å². The molecule has 9 heteroatoms. The lowest BCUT2D eigenvalue weighted by Gasteiger charge is -2.43. The number of aryl methyl sites for hydroxylation is 1. The fourth-order valence-corrected chi connectivity index (χ4v) is 3.64. The molecule has 1 aromatic carbocycles. The van der Waals surface area contributed by atoms with E-state index in [2.05, 4.69) is 50.3 Å². The van der Waals surface area contributed by atoms with Crippen molar-refractivity contribution in [3.05, 3.63) is 46.6 Å². The molecule has 1 saturated heterocycles. The lowest BCUT2D eigenvalue weighted by Crippen LogP contribution is -2.58. The number of rotatable bonds is 6. The van der Waals surface area contributed by atoms with Gasteiger partial charge in [-0.1, -0.05) is 23.7 Å². The van der Waals surface area contributed by atoms with Crippen LogP contribution < -0.4 is 10.2 Å². The van der Waals surface area contributed by atoms with Crippen molar-refractivity contribution in [1.29, 1.82) is 5.26 Å². The summed E-state index contributed by atoms with van der Waals surface area (Å²) in [5.74, 6) is 1.96. The Balaban J connectivity index is 1.63. The van der Waals surface area contributed by atoms with E-state index in [1.54, 1.807) is 4.52 Å². The van der Waals surface area contributed by atoms with E-state index in [1.165, 1.54) is 0 Å². The number of benzene rings is 1. The third-order valence-corrected chi connectivity index (χ3v) is 5.42. The van der Waals surface area contributed by atoms with Gasteiger partial charge in [0.05, 0.1) is 18.5 Å². The number of nitrogens with zero attached hydrogens (tertiary/aromatic N) is 7. The molecule has 0 saturated carbocycles. The number of hydrogen-bond donors (Lipinski definition) is 1. The standard InChI is InChI=1S/C20H23ClN8/c1-13-9-18(28-11-16(12-28)27(2)3)29-20(23-13)25-19(26-29)24-17(7-8-22)14-5-4-6-15(21)10-14/h4-6,9-10,16-17H,7,11-12H2,1-3H3,(H,24,26)/t17-/m1/s1. The highest BCUT2D eigenvalue weighted by Crippen LogP contribution is 2.26. The summed E-state index contributed by atoms with van der Waals surface area (Å²) in [7, 11) is 4.19. The van der Waals surface area contributed by atoms with Crippen molar-refractivity contribution in [2.45, 2.75) is 25.4 Å². The summed E-state index contributed by atoms with van der Waals surface area (Å²) in [6, 6.07) is 12.0. The van der Waals surface area contributed by atoms with Crippen LogP contribution in [-0.2, 0) is 0 Å². The van der Waals surface area contributed by atoms with Gasteiger partial charge < -0.3 is 15.1 Å². The van der Waals surface area contributed by atoms with Crippen LogP contribution >= 0.6 is 11.6 Å². The number of fused-ring (bicyclic) bond motifs is 1. The third kappa shape index (κ3) is 3.97. The first-order chi connectivity index (χ1) is 13.9. The molecule has 1 fully saturated rings. The van der Waals surface area contributed by atoms with Crippen molar-refractivity contribution >= 4 is 29.1 Å². The zero-order valence-electron chi connectivity index (χ0n) is 16.7. The molecule has 29 heavy (non-hydrogen) atoms. The van der Waals surface area contributed by atoms with Crippen LogP contribution in [0.2, 0.25) is 5.02 Å². The van der Waals surface area contributed by atoms with Crippen LogP contribution in [0.15, 0.2) is 30.3 Å². The minimum atomic E-state index is -0.261. The second-order valence-electron chi connectivity index (χ2n) is 7.54. The maximum atomic E-state index is 9.26. The minimum absolute atomic E-state index is 0.261. The van der Waals surface area contributed by atoms with Gasteiger partial charge in [0, 0.05) is 35.9 Å². The minimum Gasteiger partial charge on any atom is -0.353 e. The summed E-state index contributed by atoms with van der Waals surface area (Å²) in [4.78, 5) is 13.6. The van der Waals surface area contributed by atoms with Crippen molar-refractivity contribution in [1.82, 2.24) is 24.5 Å². The van der Waals surface area contributed by atoms with Crippen LogP contribution in [0, 0.1) is 18.3 Å². The largest absolute Gasteiger partial charge is 0.353 e. The summed E-state index contributed by atoms with van der Waals surface area (Å²) in [5.41, 5.74) is 1.81. The number of halogens is 1. The number of nitrogens with one attached hydrogen (secondary N) is 1. The van der Waals surface area contributed by atoms with E-state index in [1.807, 2.05) is 37.3 Å². The highest BCUT2D eigenvalue weighted by atomic mass is 35.5. The Morgan fingerprint density at radius 2 is 2.10 bits per heavy atom. The summed E-state index contributed by atoms with van der Waals surface area (Å²) >= 11 is 6.12. The topological polar surface area (TPSA) is 85.4 Å². The van der Waals surface area contributed by atoms with Gasteiger partial charge in [0.2, 0.25) is 5.95 Å². The van der Waals surface area contributed by atoms with Gasteiger partial charge in [-0.3, -0.25) is 0 Å². The summed E-state index contributed by atoms with van der Waals surface area (Å²) < 4.78 is 1.77. The fourth-order valence-electron chi connectivity index (χ4n) is 3.45. The maximum absolute atomic E-state index is 9.26. The molecule has 150 valence electrons. The molecule has 0 unspecified atom stereocenters. The van der Waals surface area contributed by atoms with Gasteiger partial charge in [-0.25, -0.2) is 4.98 Å². The maximum Gasteiger partial charge on any atom is 0.256 e. The van der Waals surface area contributed by atoms with Crippen molar-refractivity contribution in [3.8, 4) is 6.07 Å². The summed E-state index contributed by atoms with van der Waals surface area (Å²) in [5, 5.41) is 17.8. The molecule has 0 spiro atoms. The first-order valence-electron chi connectivity index (χ1n) is 9.49. The molecule has 1 atom stereocenters. The second kappa shape index (κ2) is 7.85. The van der Waals surface area contributed by atoms with Gasteiger partial charge in [-0.05, 0) is 38.7 Å². The van der Waals surface area contributed by atoms with Crippen LogP contribution in [0.1, 0.15) is 23.7 Å². The molecule has 0 radical (unpaired) electrons. The van der Waals surface area contributed by atoms with Crippen LogP contribution in [-0.4, -0.2) is 57.7 Å². The van der Waals surface area contributed by atoms with E-state index in [0.717, 1.165) is 30.2 Å². The first-order valence-corrected chi connectivity index (χ1v) is 9.87. The smallest absolute Gasteiger partial charge is 0.256 e. The number of hydrogen-bond acceptors (Lipinski definition) is 7. The van der Waals surface area contributed by atoms with Gasteiger partial charge in [0.15, 0.2) is 0 Å². The molecule has 1 N–H and O–H groups in total. The van der Waals surface area contributed by atoms with Gasteiger partial charge >= 0.3 is 0 Å². The normalized spacial score (nSPS) is 15.4. The number of anilines is 2. The molecule has 0 bridgehead atoms. The predicted octanol–water partition coefficient (Wildman–Crippen LogP) is 2.90. The van der Waals surface area contributed by atoms with Crippen LogP contribution in [0.4, 0.5) is 11.8 Å². The monoisotopic (exact) mass is 410 g/mol. The molecule has 4 rings (SSSR count). The number of likely N-dealkylation sites (N-methyl/N-ethyl adjacent to an activating group) is 1. The van der Waals surface area contributed by atoms with Crippen LogP contribution in [0.5, 0.6) is 0 Å². The fraction of sp³-hybridized carbons (Fsp3) is 0.400. The average Bonchev–Trinajstić information content (AvgIpc) is 3.02. The molecule has 3 heterocycles. The average molecular weight is 411 g/mol.